The number of piperidine rings is 1. The molecule has 1 unspecified atom stereocenters. The summed E-state index contributed by atoms with van der Waals surface area (Å²) in [5.41, 5.74) is 7.28. The fourth-order valence-corrected chi connectivity index (χ4v) is 3.91. The van der Waals surface area contributed by atoms with Crippen LogP contribution in [0.15, 0.2) is 10.9 Å². The van der Waals surface area contributed by atoms with Gasteiger partial charge in [0.1, 0.15) is 45.1 Å². The molecule has 3 N–H and O–H groups in total. The predicted molar refractivity (Wildman–Crippen MR) is 116 cm³/mol. The van der Waals surface area contributed by atoms with Gasteiger partial charge in [-0.05, 0) is 24.6 Å². The smallest absolute Gasteiger partial charge is 0.263 e. The average molecular weight is 345 g/mol. The monoisotopic (exact) mass is 346 g/mol. The Bertz CT molecular complexity index is 1050. The molecule has 26 heavy (non-hydrogen) atoms. The van der Waals surface area contributed by atoms with E-state index in [1.807, 2.05) is 21.8 Å². The number of benzene rings is 1. The maximum absolute atomic E-state index is 13.4. The maximum atomic E-state index is 13.4. The van der Waals surface area contributed by atoms with Crippen molar-refractivity contribution in [3.8, 4) is 0 Å². The molecule has 3 rings (SSSR count). The highest BCUT2D eigenvalue weighted by Crippen LogP contribution is 2.36. The van der Waals surface area contributed by atoms with E-state index < -0.39 is 16.6 Å². The summed E-state index contributed by atoms with van der Waals surface area (Å²) in [6, 6.07) is 1.83. The lowest BCUT2D eigenvalue weighted by atomic mass is 9.45. The topological polar surface area (TPSA) is 107 Å². The molecule has 1 fully saturated rings. The number of imide groups is 1. The van der Waals surface area contributed by atoms with Crippen LogP contribution in [0.2, 0.25) is 5.21 Å². The molecule has 1 atom stereocenters. The SMILES string of the molecule is Bc1cc2nc(C)n(C3(B)CC(B)(B)C(=O)NC3=O)c(=O)c2c(N)c1B. The Morgan fingerprint density at radius 3 is 2.42 bits per heavy atom. The molecule has 0 aliphatic carbocycles. The summed E-state index contributed by atoms with van der Waals surface area (Å²) >= 11 is 0. The summed E-state index contributed by atoms with van der Waals surface area (Å²) in [4.78, 5) is 42.7. The zero-order chi connectivity index (χ0) is 19.6. The molecular formula is C14H19B5N4O3. The molecule has 1 saturated heterocycles. The molecule has 128 valence electrons. The van der Waals surface area contributed by atoms with E-state index in [1.54, 1.807) is 30.5 Å². The first kappa shape index (κ1) is 18.4. The fourth-order valence-electron chi connectivity index (χ4n) is 3.91. The molecule has 0 saturated carbocycles. The van der Waals surface area contributed by atoms with Gasteiger partial charge in [-0.2, -0.15) is 0 Å². The second-order valence-corrected chi connectivity index (χ2v) is 8.04. The number of aryl methyl sites for hydroxylation is 1. The van der Waals surface area contributed by atoms with Crippen molar-refractivity contribution in [3.63, 3.8) is 0 Å². The first-order chi connectivity index (χ1) is 11.9. The van der Waals surface area contributed by atoms with Crippen molar-refractivity contribution in [2.75, 3.05) is 5.73 Å². The summed E-state index contributed by atoms with van der Waals surface area (Å²) in [6.07, 6.45) is 0.198. The van der Waals surface area contributed by atoms with Crippen LogP contribution in [0.4, 0.5) is 5.69 Å². The molecule has 0 radical (unpaired) electrons. The van der Waals surface area contributed by atoms with Gasteiger partial charge in [-0.3, -0.25) is 24.3 Å². The van der Waals surface area contributed by atoms with Crippen LogP contribution < -0.4 is 27.5 Å². The Hall–Kier alpha value is -2.38. The number of carbonyl (C=O) groups excluding carboxylic acids is 2. The van der Waals surface area contributed by atoms with E-state index in [0.717, 1.165) is 10.9 Å². The van der Waals surface area contributed by atoms with Crippen LogP contribution in [-0.2, 0) is 15.0 Å². The van der Waals surface area contributed by atoms with E-state index in [1.165, 1.54) is 4.57 Å². The third-order valence-electron chi connectivity index (χ3n) is 5.51. The molecule has 1 aromatic carbocycles. The van der Waals surface area contributed by atoms with Gasteiger partial charge in [-0.1, -0.05) is 10.9 Å². The average Bonchev–Trinajstić information content (AvgIpc) is 2.50. The molecular weight excluding hydrogens is 326 g/mol. The number of aromatic nitrogens is 2. The lowest BCUT2D eigenvalue weighted by Crippen LogP contribution is -2.63. The van der Waals surface area contributed by atoms with Crippen molar-refractivity contribution < 1.29 is 9.59 Å². The largest absolute Gasteiger partial charge is 0.398 e. The molecule has 1 aliphatic heterocycles. The molecule has 1 aromatic heterocycles. The van der Waals surface area contributed by atoms with Gasteiger partial charge >= 0.3 is 0 Å². The Kier molecular flexibility index (Phi) is 3.94. The van der Waals surface area contributed by atoms with Crippen molar-refractivity contribution in [1.82, 2.24) is 14.9 Å². The van der Waals surface area contributed by atoms with Crippen LogP contribution in [0.1, 0.15) is 12.2 Å². The van der Waals surface area contributed by atoms with E-state index in [4.69, 9.17) is 5.73 Å². The van der Waals surface area contributed by atoms with Crippen LogP contribution in [0.25, 0.3) is 10.9 Å². The van der Waals surface area contributed by atoms with E-state index >= 15 is 0 Å². The number of nitrogens with zero attached hydrogens (tertiary/aromatic N) is 2. The predicted octanol–water partition coefficient (Wildman–Crippen LogP) is -6.48. The van der Waals surface area contributed by atoms with Gasteiger partial charge in [0.2, 0.25) is 11.8 Å². The number of amides is 2. The Morgan fingerprint density at radius 1 is 1.19 bits per heavy atom. The van der Waals surface area contributed by atoms with Gasteiger partial charge in [0.05, 0.1) is 16.3 Å². The lowest BCUT2D eigenvalue weighted by molar-refractivity contribution is -0.138. The third kappa shape index (κ3) is 2.42. The van der Waals surface area contributed by atoms with E-state index in [-0.39, 0.29) is 17.9 Å². The van der Waals surface area contributed by atoms with Crippen molar-refractivity contribution in [3.05, 3.63) is 22.2 Å². The summed E-state index contributed by atoms with van der Waals surface area (Å²) in [6.45, 7) is 1.69. The molecule has 2 aromatic rings. The number of nitrogens with two attached hydrogens (primary N) is 1. The van der Waals surface area contributed by atoms with Gasteiger partial charge in [-0.25, -0.2) is 4.98 Å². The summed E-state index contributed by atoms with van der Waals surface area (Å²) in [7, 11) is 8.94. The van der Waals surface area contributed by atoms with Crippen LogP contribution in [-0.4, -0.2) is 60.6 Å². The number of hydrogen-bond donors (Lipinski definition) is 2. The summed E-state index contributed by atoms with van der Waals surface area (Å²) < 4.78 is 1.38. The molecule has 7 nitrogen and oxygen atoms in total. The second-order valence-electron chi connectivity index (χ2n) is 8.04. The van der Waals surface area contributed by atoms with Gasteiger partial charge in [0.15, 0.2) is 0 Å². The van der Waals surface area contributed by atoms with Gasteiger partial charge in [0, 0.05) is 5.69 Å². The lowest BCUT2D eigenvalue weighted by Gasteiger charge is -2.42. The molecule has 1 aliphatic rings. The van der Waals surface area contributed by atoms with Gasteiger partial charge < -0.3 is 5.73 Å². The quantitative estimate of drug-likeness (QED) is 0.304. The van der Waals surface area contributed by atoms with Gasteiger partial charge in [-0.15, -0.1) is 0 Å². The van der Waals surface area contributed by atoms with E-state index in [0.29, 0.717) is 22.4 Å². The standard InChI is InChI=1S/C14H19B5N4O3/c1-4-21-6-2-5(15)8(16)9(20)7(6)10(24)23(4)14(19)3-13(17,18)11(25)22-12(14)26/h2H,3,15-20H2,1H3,(H,22,25,26). The number of rotatable bonds is 1. The van der Waals surface area contributed by atoms with Gasteiger partial charge in [0.25, 0.3) is 5.56 Å². The van der Waals surface area contributed by atoms with Crippen molar-refractivity contribution in [1.29, 1.82) is 0 Å². The maximum Gasteiger partial charge on any atom is 0.263 e. The van der Waals surface area contributed by atoms with Crippen molar-refractivity contribution in [2.24, 2.45) is 0 Å². The van der Waals surface area contributed by atoms with Crippen LogP contribution >= 0.6 is 0 Å². The fraction of sp³-hybridized carbons (Fsp3) is 0.286. The number of carbonyl (C=O) groups is 2. The Balaban J connectivity index is 2.37. The molecule has 12 heteroatoms. The minimum Gasteiger partial charge on any atom is -0.398 e. The Morgan fingerprint density at radius 2 is 1.81 bits per heavy atom. The number of nitrogens with one attached hydrogen (secondary N) is 1. The van der Waals surface area contributed by atoms with Crippen molar-refractivity contribution >= 4 is 78.6 Å². The summed E-state index contributed by atoms with van der Waals surface area (Å²) in [5, 5.41) is 1.91. The number of anilines is 1. The zero-order valence-electron chi connectivity index (χ0n) is 16.0. The highest BCUT2D eigenvalue weighted by atomic mass is 16.2. The normalized spacial score (nSPS) is 22.3. The highest BCUT2D eigenvalue weighted by molar-refractivity contribution is 6.53. The highest BCUT2D eigenvalue weighted by Gasteiger charge is 2.49. The van der Waals surface area contributed by atoms with Crippen LogP contribution in [0.5, 0.6) is 0 Å². The third-order valence-corrected chi connectivity index (χ3v) is 5.51. The second kappa shape index (κ2) is 5.56. The first-order valence-corrected chi connectivity index (χ1v) is 8.55. The van der Waals surface area contributed by atoms with E-state index in [9.17, 15) is 14.4 Å². The first-order valence-electron chi connectivity index (χ1n) is 8.55. The summed E-state index contributed by atoms with van der Waals surface area (Å²) in [5.74, 6) is -0.436. The Labute approximate surface area is 155 Å². The number of nitrogen functional groups attached to an aromatic ring is 1. The van der Waals surface area contributed by atoms with Crippen LogP contribution in [0.3, 0.4) is 0 Å². The van der Waals surface area contributed by atoms with Crippen LogP contribution in [0, 0.1) is 6.92 Å². The molecule has 0 spiro atoms. The minimum atomic E-state index is -1.23. The number of hydrogen-bond acceptors (Lipinski definition) is 5. The molecule has 0 bridgehead atoms. The zero-order valence-corrected chi connectivity index (χ0v) is 16.0. The molecule has 2 heterocycles. The molecule has 2 amide bonds. The number of fused-ring (bicyclic) bond motifs is 1. The van der Waals surface area contributed by atoms with E-state index in [2.05, 4.69) is 10.3 Å². The van der Waals surface area contributed by atoms with Crippen molar-refractivity contribution in [2.45, 2.75) is 24.0 Å². The minimum absolute atomic E-state index is 0.198.